The molecule has 0 saturated heterocycles. The highest BCUT2D eigenvalue weighted by molar-refractivity contribution is 4.91. The van der Waals surface area contributed by atoms with Crippen LogP contribution < -0.4 is 5.32 Å². The molecule has 6 heteroatoms. The molecular weight excluding hydrogens is 220 g/mol. The van der Waals surface area contributed by atoms with Gasteiger partial charge in [-0.1, -0.05) is 5.21 Å². The van der Waals surface area contributed by atoms with Crippen molar-refractivity contribution in [3.63, 3.8) is 0 Å². The van der Waals surface area contributed by atoms with Crippen LogP contribution in [0, 0.1) is 0 Å². The van der Waals surface area contributed by atoms with Crippen LogP contribution in [0.1, 0.15) is 25.0 Å². The molecule has 6 nitrogen and oxygen atoms in total. The van der Waals surface area contributed by atoms with Gasteiger partial charge in [-0.3, -0.25) is 0 Å². The van der Waals surface area contributed by atoms with Crippen molar-refractivity contribution in [1.29, 1.82) is 0 Å². The number of aromatic nitrogens is 3. The fourth-order valence-electron chi connectivity index (χ4n) is 1.52. The zero-order chi connectivity index (χ0) is 12.3. The molecule has 0 bridgehead atoms. The van der Waals surface area contributed by atoms with Gasteiger partial charge in [-0.05, 0) is 25.8 Å². The standard InChI is InChI=1S/C11H22N4O2/c1-17-8-4-2-3-5-12-9-11-10-15(6-7-16)14-13-11/h10,12,16H,2-9H2,1H3. The smallest absolute Gasteiger partial charge is 0.0964 e. The van der Waals surface area contributed by atoms with Crippen molar-refractivity contribution < 1.29 is 9.84 Å². The van der Waals surface area contributed by atoms with Gasteiger partial charge in [0.05, 0.1) is 18.8 Å². The van der Waals surface area contributed by atoms with Gasteiger partial charge in [0.25, 0.3) is 0 Å². The molecular formula is C11H22N4O2. The van der Waals surface area contributed by atoms with E-state index in [0.717, 1.165) is 38.2 Å². The minimum atomic E-state index is 0.0930. The van der Waals surface area contributed by atoms with E-state index < -0.39 is 0 Å². The second-order valence-electron chi connectivity index (χ2n) is 3.93. The molecule has 1 rings (SSSR count). The Morgan fingerprint density at radius 3 is 3.06 bits per heavy atom. The Hall–Kier alpha value is -0.980. The molecule has 0 unspecified atom stereocenters. The van der Waals surface area contributed by atoms with Gasteiger partial charge in [0.2, 0.25) is 0 Å². The Labute approximate surface area is 102 Å². The van der Waals surface area contributed by atoms with Crippen molar-refractivity contribution in [2.45, 2.75) is 32.4 Å². The van der Waals surface area contributed by atoms with E-state index in [1.165, 1.54) is 6.42 Å². The lowest BCUT2D eigenvalue weighted by atomic mass is 10.2. The molecule has 0 aromatic carbocycles. The average molecular weight is 242 g/mol. The fourth-order valence-corrected chi connectivity index (χ4v) is 1.52. The number of hydrogen-bond donors (Lipinski definition) is 2. The van der Waals surface area contributed by atoms with Crippen molar-refractivity contribution in [2.24, 2.45) is 0 Å². The van der Waals surface area contributed by atoms with Crippen LogP contribution >= 0.6 is 0 Å². The number of methoxy groups -OCH3 is 1. The maximum atomic E-state index is 8.73. The van der Waals surface area contributed by atoms with Crippen LogP contribution in [0.15, 0.2) is 6.20 Å². The average Bonchev–Trinajstić information content (AvgIpc) is 2.76. The molecule has 0 fully saturated rings. The van der Waals surface area contributed by atoms with Crippen LogP contribution in [0.4, 0.5) is 0 Å². The topological polar surface area (TPSA) is 72.2 Å². The predicted molar refractivity (Wildman–Crippen MR) is 64.5 cm³/mol. The van der Waals surface area contributed by atoms with E-state index in [2.05, 4.69) is 15.6 Å². The number of hydrogen-bond acceptors (Lipinski definition) is 5. The van der Waals surface area contributed by atoms with Gasteiger partial charge in [-0.15, -0.1) is 5.10 Å². The number of aliphatic hydroxyl groups is 1. The number of nitrogens with one attached hydrogen (secondary N) is 1. The summed E-state index contributed by atoms with van der Waals surface area (Å²) < 4.78 is 6.63. The first-order valence-corrected chi connectivity index (χ1v) is 6.06. The Bertz CT molecular complexity index is 291. The molecule has 0 amide bonds. The summed E-state index contributed by atoms with van der Waals surface area (Å²) in [5, 5.41) is 19.9. The van der Waals surface area contributed by atoms with Crippen LogP contribution in [0.3, 0.4) is 0 Å². The van der Waals surface area contributed by atoms with Gasteiger partial charge >= 0.3 is 0 Å². The zero-order valence-electron chi connectivity index (χ0n) is 10.4. The molecule has 1 aromatic heterocycles. The van der Waals surface area contributed by atoms with Crippen LogP contribution in [0.5, 0.6) is 0 Å². The van der Waals surface area contributed by atoms with E-state index in [0.29, 0.717) is 6.54 Å². The third kappa shape index (κ3) is 6.35. The lowest BCUT2D eigenvalue weighted by Crippen LogP contribution is -2.15. The largest absolute Gasteiger partial charge is 0.394 e. The zero-order valence-corrected chi connectivity index (χ0v) is 10.4. The lowest BCUT2D eigenvalue weighted by Gasteiger charge is -2.02. The highest BCUT2D eigenvalue weighted by Gasteiger charge is 1.99. The molecule has 0 aliphatic heterocycles. The summed E-state index contributed by atoms with van der Waals surface area (Å²) in [6.07, 6.45) is 5.30. The van der Waals surface area contributed by atoms with Crippen molar-refractivity contribution >= 4 is 0 Å². The summed E-state index contributed by atoms with van der Waals surface area (Å²) in [6, 6.07) is 0. The summed E-state index contributed by atoms with van der Waals surface area (Å²) in [5.41, 5.74) is 0.912. The lowest BCUT2D eigenvalue weighted by molar-refractivity contribution is 0.192. The third-order valence-electron chi connectivity index (χ3n) is 2.42. The van der Waals surface area contributed by atoms with E-state index in [4.69, 9.17) is 9.84 Å². The van der Waals surface area contributed by atoms with Crippen molar-refractivity contribution in [1.82, 2.24) is 20.3 Å². The summed E-state index contributed by atoms with van der Waals surface area (Å²) in [5.74, 6) is 0. The van der Waals surface area contributed by atoms with E-state index in [1.54, 1.807) is 11.8 Å². The summed E-state index contributed by atoms with van der Waals surface area (Å²) in [6.45, 7) is 3.15. The van der Waals surface area contributed by atoms with E-state index in [9.17, 15) is 0 Å². The first-order chi connectivity index (χ1) is 8.36. The van der Waals surface area contributed by atoms with Crippen LogP contribution in [-0.2, 0) is 17.8 Å². The molecule has 0 aliphatic rings. The molecule has 0 atom stereocenters. The molecule has 1 aromatic rings. The minimum absolute atomic E-state index is 0.0930. The van der Waals surface area contributed by atoms with E-state index in [1.807, 2.05) is 6.20 Å². The van der Waals surface area contributed by atoms with Crippen LogP contribution in [0.2, 0.25) is 0 Å². The monoisotopic (exact) mass is 242 g/mol. The molecule has 0 radical (unpaired) electrons. The molecule has 0 saturated carbocycles. The number of ether oxygens (including phenoxy) is 1. The SMILES string of the molecule is COCCCCCNCc1cn(CCO)nn1. The molecule has 17 heavy (non-hydrogen) atoms. The summed E-state index contributed by atoms with van der Waals surface area (Å²) in [4.78, 5) is 0. The van der Waals surface area contributed by atoms with Crippen molar-refractivity contribution in [3.05, 3.63) is 11.9 Å². The first kappa shape index (κ1) is 14.1. The molecule has 1 heterocycles. The van der Waals surface area contributed by atoms with Crippen LogP contribution in [-0.4, -0.2) is 47.0 Å². The maximum Gasteiger partial charge on any atom is 0.0964 e. The van der Waals surface area contributed by atoms with Crippen molar-refractivity contribution in [3.8, 4) is 0 Å². The molecule has 98 valence electrons. The van der Waals surface area contributed by atoms with E-state index in [-0.39, 0.29) is 6.61 Å². The van der Waals surface area contributed by atoms with Crippen molar-refractivity contribution in [2.75, 3.05) is 26.9 Å². The Kier molecular flexibility index (Phi) is 7.53. The Balaban J connectivity index is 2.01. The summed E-state index contributed by atoms with van der Waals surface area (Å²) in [7, 11) is 1.73. The summed E-state index contributed by atoms with van der Waals surface area (Å²) >= 11 is 0. The quantitative estimate of drug-likeness (QED) is 0.573. The van der Waals surface area contributed by atoms with Crippen LogP contribution in [0.25, 0.3) is 0 Å². The molecule has 0 spiro atoms. The Morgan fingerprint density at radius 1 is 1.41 bits per heavy atom. The fraction of sp³-hybridized carbons (Fsp3) is 0.818. The minimum Gasteiger partial charge on any atom is -0.394 e. The highest BCUT2D eigenvalue weighted by atomic mass is 16.5. The van der Waals surface area contributed by atoms with E-state index >= 15 is 0 Å². The Morgan fingerprint density at radius 2 is 2.29 bits per heavy atom. The second-order valence-corrected chi connectivity index (χ2v) is 3.93. The molecule has 2 N–H and O–H groups in total. The van der Waals surface area contributed by atoms with Gasteiger partial charge in [-0.25, -0.2) is 4.68 Å². The highest BCUT2D eigenvalue weighted by Crippen LogP contribution is 1.96. The third-order valence-corrected chi connectivity index (χ3v) is 2.42. The number of nitrogens with zero attached hydrogens (tertiary/aromatic N) is 3. The number of rotatable bonds is 10. The molecule has 0 aliphatic carbocycles. The first-order valence-electron chi connectivity index (χ1n) is 6.06. The van der Waals surface area contributed by atoms with Gasteiger partial charge in [0, 0.05) is 26.5 Å². The normalized spacial score (nSPS) is 10.9. The second kappa shape index (κ2) is 9.09. The number of aliphatic hydroxyl groups excluding tert-OH is 1. The van der Waals surface area contributed by atoms with Gasteiger partial charge < -0.3 is 15.2 Å². The van der Waals surface area contributed by atoms with Gasteiger partial charge in [0.1, 0.15) is 0 Å². The van der Waals surface area contributed by atoms with Gasteiger partial charge in [0.15, 0.2) is 0 Å². The maximum absolute atomic E-state index is 8.73. The number of unbranched alkanes of at least 4 members (excludes halogenated alkanes) is 2. The predicted octanol–water partition coefficient (Wildman–Crippen LogP) is 0.177. The van der Waals surface area contributed by atoms with Gasteiger partial charge in [-0.2, -0.15) is 0 Å².